The molecule has 0 spiro atoms. The molecule has 3 rings (SSSR count). The Morgan fingerprint density at radius 1 is 1.30 bits per heavy atom. The quantitative estimate of drug-likeness (QED) is 0.906. The third-order valence-electron chi connectivity index (χ3n) is 3.74. The van der Waals surface area contributed by atoms with Gasteiger partial charge in [-0.15, -0.1) is 0 Å². The van der Waals surface area contributed by atoms with Crippen LogP contribution in [0.4, 0.5) is 11.4 Å². The summed E-state index contributed by atoms with van der Waals surface area (Å²) in [7, 11) is 1.52. The molecule has 0 saturated heterocycles. The lowest BCUT2D eigenvalue weighted by molar-refractivity contribution is -0.123. The highest BCUT2D eigenvalue weighted by molar-refractivity contribution is 6.32. The first-order valence-corrected chi connectivity index (χ1v) is 7.49. The van der Waals surface area contributed by atoms with E-state index in [-0.39, 0.29) is 18.2 Å². The molecule has 23 heavy (non-hydrogen) atoms. The predicted octanol–water partition coefficient (Wildman–Crippen LogP) is 3.41. The van der Waals surface area contributed by atoms with Crippen LogP contribution in [0.25, 0.3) is 0 Å². The molecule has 2 aromatic carbocycles. The highest BCUT2D eigenvalue weighted by Crippen LogP contribution is 2.33. The number of anilines is 2. The van der Waals surface area contributed by atoms with E-state index in [9.17, 15) is 9.59 Å². The Morgan fingerprint density at radius 3 is 2.83 bits per heavy atom. The minimum atomic E-state index is -0.527. The smallest absolute Gasteiger partial charge is 0.232 e. The molecule has 1 atom stereocenters. The summed E-state index contributed by atoms with van der Waals surface area (Å²) in [5, 5.41) is 5.99. The van der Waals surface area contributed by atoms with Gasteiger partial charge in [0.1, 0.15) is 5.75 Å². The van der Waals surface area contributed by atoms with E-state index in [0.717, 1.165) is 5.56 Å². The molecule has 1 aliphatic rings. The first kappa shape index (κ1) is 15.4. The Kier molecular flexibility index (Phi) is 4.21. The first-order valence-electron chi connectivity index (χ1n) is 7.11. The van der Waals surface area contributed by atoms with E-state index in [0.29, 0.717) is 22.1 Å². The zero-order valence-corrected chi connectivity index (χ0v) is 13.2. The largest absolute Gasteiger partial charge is 0.495 e. The van der Waals surface area contributed by atoms with Gasteiger partial charge in [0.05, 0.1) is 18.1 Å². The van der Waals surface area contributed by atoms with E-state index < -0.39 is 5.92 Å². The van der Waals surface area contributed by atoms with Crippen LogP contribution in [-0.4, -0.2) is 18.9 Å². The van der Waals surface area contributed by atoms with Gasteiger partial charge >= 0.3 is 0 Å². The fraction of sp³-hybridized carbons (Fsp3) is 0.176. The predicted molar refractivity (Wildman–Crippen MR) is 89.1 cm³/mol. The number of benzene rings is 2. The number of hydrogen-bond acceptors (Lipinski definition) is 3. The van der Waals surface area contributed by atoms with Crippen LogP contribution in [0.3, 0.4) is 0 Å². The topological polar surface area (TPSA) is 67.4 Å². The van der Waals surface area contributed by atoms with Crippen LogP contribution in [0.15, 0.2) is 42.5 Å². The number of nitrogens with one attached hydrogen (secondary N) is 2. The van der Waals surface area contributed by atoms with E-state index in [2.05, 4.69) is 10.6 Å². The Labute approximate surface area is 138 Å². The van der Waals surface area contributed by atoms with E-state index in [1.54, 1.807) is 24.3 Å². The molecule has 2 aromatic rings. The molecule has 0 fully saturated rings. The average Bonchev–Trinajstić information content (AvgIpc) is 2.54. The Morgan fingerprint density at radius 2 is 2.09 bits per heavy atom. The number of hydrogen-bond donors (Lipinski definition) is 2. The van der Waals surface area contributed by atoms with Gasteiger partial charge in [-0.25, -0.2) is 0 Å². The molecular weight excluding hydrogens is 316 g/mol. The van der Waals surface area contributed by atoms with Crippen LogP contribution in [0, 0.1) is 0 Å². The maximum Gasteiger partial charge on any atom is 0.232 e. The molecule has 0 aromatic heterocycles. The Hall–Kier alpha value is -2.53. The van der Waals surface area contributed by atoms with Gasteiger partial charge in [0, 0.05) is 17.8 Å². The van der Waals surface area contributed by atoms with Crippen molar-refractivity contribution in [1.29, 1.82) is 0 Å². The fourth-order valence-electron chi connectivity index (χ4n) is 2.62. The molecule has 5 nitrogen and oxygen atoms in total. The van der Waals surface area contributed by atoms with Crippen molar-refractivity contribution in [2.24, 2.45) is 0 Å². The number of para-hydroxylation sites is 1. The van der Waals surface area contributed by atoms with E-state index in [4.69, 9.17) is 16.3 Å². The third-order valence-corrected chi connectivity index (χ3v) is 4.03. The molecule has 6 heteroatoms. The molecule has 2 amide bonds. The number of fused-ring (bicyclic) bond motifs is 1. The molecule has 0 radical (unpaired) electrons. The zero-order valence-electron chi connectivity index (χ0n) is 12.4. The molecule has 0 aliphatic carbocycles. The van der Waals surface area contributed by atoms with Crippen LogP contribution >= 0.6 is 11.6 Å². The van der Waals surface area contributed by atoms with Gasteiger partial charge < -0.3 is 15.4 Å². The van der Waals surface area contributed by atoms with Crippen molar-refractivity contribution in [1.82, 2.24) is 0 Å². The molecule has 0 unspecified atom stereocenters. The van der Waals surface area contributed by atoms with Gasteiger partial charge in [-0.05, 0) is 29.8 Å². The molecule has 1 aliphatic heterocycles. The van der Waals surface area contributed by atoms with Gasteiger partial charge in [-0.2, -0.15) is 0 Å². The van der Waals surface area contributed by atoms with Crippen LogP contribution in [0.1, 0.15) is 17.9 Å². The van der Waals surface area contributed by atoms with Crippen LogP contribution in [0.2, 0.25) is 5.02 Å². The SMILES string of the molecule is COc1ccc(NC(=O)[C@H]2CC(=O)Nc3ccccc32)cc1Cl. The standard InChI is InChI=1S/C17H15ClN2O3/c1-23-15-7-6-10(8-13(15)18)19-17(22)12-9-16(21)20-14-5-3-2-4-11(12)14/h2-8,12H,9H2,1H3,(H,19,22)(H,20,21)/t12-/m0/s1. The number of carbonyl (C=O) groups excluding carboxylic acids is 2. The van der Waals surface area contributed by atoms with Crippen molar-refractivity contribution in [3.8, 4) is 5.75 Å². The second-order valence-corrected chi connectivity index (χ2v) is 5.64. The summed E-state index contributed by atoms with van der Waals surface area (Å²) in [6, 6.07) is 12.3. The van der Waals surface area contributed by atoms with Crippen LogP contribution in [-0.2, 0) is 9.59 Å². The lowest BCUT2D eigenvalue weighted by Crippen LogP contribution is -2.30. The van der Waals surface area contributed by atoms with Gasteiger partial charge in [0.2, 0.25) is 11.8 Å². The van der Waals surface area contributed by atoms with Crippen molar-refractivity contribution in [2.75, 3.05) is 17.7 Å². The van der Waals surface area contributed by atoms with Crippen LogP contribution < -0.4 is 15.4 Å². The van der Waals surface area contributed by atoms with Gasteiger partial charge in [-0.1, -0.05) is 29.8 Å². The van der Waals surface area contributed by atoms with E-state index in [1.165, 1.54) is 7.11 Å². The molecule has 1 heterocycles. The second-order valence-electron chi connectivity index (χ2n) is 5.23. The summed E-state index contributed by atoms with van der Waals surface area (Å²) < 4.78 is 5.08. The highest BCUT2D eigenvalue weighted by atomic mass is 35.5. The summed E-state index contributed by atoms with van der Waals surface area (Å²) >= 11 is 6.06. The van der Waals surface area contributed by atoms with E-state index >= 15 is 0 Å². The maximum absolute atomic E-state index is 12.6. The van der Waals surface area contributed by atoms with Crippen molar-refractivity contribution < 1.29 is 14.3 Å². The summed E-state index contributed by atoms with van der Waals surface area (Å²) in [5.74, 6) is -0.405. The Bertz CT molecular complexity index is 776. The van der Waals surface area contributed by atoms with Crippen molar-refractivity contribution in [3.63, 3.8) is 0 Å². The molecule has 0 bridgehead atoms. The van der Waals surface area contributed by atoms with Crippen molar-refractivity contribution in [3.05, 3.63) is 53.1 Å². The summed E-state index contributed by atoms with van der Waals surface area (Å²) in [4.78, 5) is 24.4. The van der Waals surface area contributed by atoms with Crippen molar-refractivity contribution >= 4 is 34.8 Å². The van der Waals surface area contributed by atoms with E-state index in [1.807, 2.05) is 18.2 Å². The lowest BCUT2D eigenvalue weighted by Gasteiger charge is -2.24. The number of methoxy groups -OCH3 is 1. The molecule has 0 saturated carbocycles. The van der Waals surface area contributed by atoms with Gasteiger partial charge in [0.15, 0.2) is 0 Å². The number of ether oxygens (including phenoxy) is 1. The summed E-state index contributed by atoms with van der Waals surface area (Å²) in [6.45, 7) is 0. The maximum atomic E-state index is 12.6. The number of amides is 2. The summed E-state index contributed by atoms with van der Waals surface area (Å²) in [5.41, 5.74) is 2.05. The highest BCUT2D eigenvalue weighted by Gasteiger charge is 2.30. The average molecular weight is 331 g/mol. The van der Waals surface area contributed by atoms with Crippen molar-refractivity contribution in [2.45, 2.75) is 12.3 Å². The first-order chi connectivity index (χ1) is 11.1. The molecule has 118 valence electrons. The molecular formula is C17H15ClN2O3. The number of carbonyl (C=O) groups is 2. The monoisotopic (exact) mass is 330 g/mol. The lowest BCUT2D eigenvalue weighted by atomic mass is 9.90. The minimum Gasteiger partial charge on any atom is -0.495 e. The van der Waals surface area contributed by atoms with Crippen LogP contribution in [0.5, 0.6) is 5.75 Å². The minimum absolute atomic E-state index is 0.118. The van der Waals surface area contributed by atoms with Gasteiger partial charge in [0.25, 0.3) is 0 Å². The van der Waals surface area contributed by atoms with Gasteiger partial charge in [-0.3, -0.25) is 9.59 Å². The Balaban J connectivity index is 1.84. The number of rotatable bonds is 3. The fourth-order valence-corrected chi connectivity index (χ4v) is 2.88. The summed E-state index contributed by atoms with van der Waals surface area (Å²) in [6.07, 6.45) is 0.118. The second kappa shape index (κ2) is 6.30. The normalized spacial score (nSPS) is 16.3. The molecule has 2 N–H and O–H groups in total. The third kappa shape index (κ3) is 3.14. The zero-order chi connectivity index (χ0) is 16.4. The number of halogens is 1.